The number of amides is 1. The zero-order valence-electron chi connectivity index (χ0n) is 13.4. The van der Waals surface area contributed by atoms with Gasteiger partial charge in [-0.25, -0.2) is 9.59 Å². The lowest BCUT2D eigenvalue weighted by molar-refractivity contribution is -0.222. The standard InChI is InChI=1S/C17H18N2O5/c1-17(2)23-15(21)13(16(22)24-17)9-18-12-5-3-4-10(6-12)11-7-14(20)19-8-11/h3-6,9,11,18H,7-8H2,1-2H3,(H,19,20). The summed E-state index contributed by atoms with van der Waals surface area (Å²) in [6.07, 6.45) is 1.73. The molecule has 2 N–H and O–H groups in total. The number of nitrogens with one attached hydrogen (secondary N) is 2. The lowest BCUT2D eigenvalue weighted by atomic mass is 9.98. The summed E-state index contributed by atoms with van der Waals surface area (Å²) in [4.78, 5) is 35.1. The number of anilines is 1. The lowest BCUT2D eigenvalue weighted by Gasteiger charge is -2.29. The zero-order chi connectivity index (χ0) is 17.3. The Hall–Kier alpha value is -2.83. The van der Waals surface area contributed by atoms with Crippen LogP contribution in [0.15, 0.2) is 36.0 Å². The molecular weight excluding hydrogens is 312 g/mol. The summed E-state index contributed by atoms with van der Waals surface area (Å²) in [7, 11) is 0. The van der Waals surface area contributed by atoms with Gasteiger partial charge >= 0.3 is 11.9 Å². The van der Waals surface area contributed by atoms with Crippen molar-refractivity contribution in [3.8, 4) is 0 Å². The summed E-state index contributed by atoms with van der Waals surface area (Å²) in [5, 5.41) is 5.71. The smallest absolute Gasteiger partial charge is 0.350 e. The largest absolute Gasteiger partial charge is 0.419 e. The number of cyclic esters (lactones) is 2. The third-order valence-electron chi connectivity index (χ3n) is 3.84. The maximum atomic E-state index is 11.9. The highest BCUT2D eigenvalue weighted by Crippen LogP contribution is 2.26. The van der Waals surface area contributed by atoms with Crippen molar-refractivity contribution in [3.63, 3.8) is 0 Å². The molecule has 1 aromatic carbocycles. The second kappa shape index (κ2) is 5.99. The molecule has 1 amide bonds. The number of carbonyl (C=O) groups is 3. The molecule has 0 aliphatic carbocycles. The van der Waals surface area contributed by atoms with Crippen LogP contribution in [-0.4, -0.2) is 30.2 Å². The zero-order valence-corrected chi connectivity index (χ0v) is 13.4. The van der Waals surface area contributed by atoms with Gasteiger partial charge in [0.25, 0.3) is 5.79 Å². The fourth-order valence-corrected chi connectivity index (χ4v) is 2.66. The lowest BCUT2D eigenvalue weighted by Crippen LogP contribution is -2.42. The van der Waals surface area contributed by atoms with Crippen LogP contribution in [0.25, 0.3) is 0 Å². The van der Waals surface area contributed by atoms with Gasteiger partial charge in [-0.05, 0) is 17.7 Å². The van der Waals surface area contributed by atoms with E-state index in [9.17, 15) is 14.4 Å². The van der Waals surface area contributed by atoms with E-state index < -0.39 is 17.7 Å². The maximum Gasteiger partial charge on any atom is 0.350 e. The minimum absolute atomic E-state index is 0.0378. The van der Waals surface area contributed by atoms with Crippen LogP contribution in [0.1, 0.15) is 31.7 Å². The molecule has 0 bridgehead atoms. The van der Waals surface area contributed by atoms with Crippen molar-refractivity contribution in [2.45, 2.75) is 32.0 Å². The van der Waals surface area contributed by atoms with Crippen molar-refractivity contribution >= 4 is 23.5 Å². The summed E-state index contributed by atoms with van der Waals surface area (Å²) >= 11 is 0. The van der Waals surface area contributed by atoms with E-state index in [1.165, 1.54) is 20.0 Å². The number of hydrogen-bond acceptors (Lipinski definition) is 6. The molecule has 0 spiro atoms. The van der Waals surface area contributed by atoms with E-state index in [-0.39, 0.29) is 17.4 Å². The molecule has 2 aliphatic heterocycles. The van der Waals surface area contributed by atoms with E-state index in [1.807, 2.05) is 18.2 Å². The molecule has 126 valence electrons. The topological polar surface area (TPSA) is 93.7 Å². The van der Waals surface area contributed by atoms with Crippen LogP contribution in [0.4, 0.5) is 5.69 Å². The molecule has 24 heavy (non-hydrogen) atoms. The fourth-order valence-electron chi connectivity index (χ4n) is 2.66. The Kier molecular flexibility index (Phi) is 4.01. The molecule has 2 saturated heterocycles. The quantitative estimate of drug-likeness (QED) is 0.495. The average Bonchev–Trinajstić information content (AvgIpc) is 2.92. The van der Waals surface area contributed by atoms with Gasteiger partial charge < -0.3 is 20.1 Å². The highest BCUT2D eigenvalue weighted by atomic mass is 16.7. The van der Waals surface area contributed by atoms with Gasteiger partial charge in [0.2, 0.25) is 5.91 Å². The Morgan fingerprint density at radius 3 is 2.54 bits per heavy atom. The highest BCUT2D eigenvalue weighted by Gasteiger charge is 2.38. The summed E-state index contributed by atoms with van der Waals surface area (Å²) < 4.78 is 10.1. The van der Waals surface area contributed by atoms with Crippen molar-refractivity contribution in [3.05, 3.63) is 41.6 Å². The number of benzene rings is 1. The van der Waals surface area contributed by atoms with Gasteiger partial charge in [-0.3, -0.25) is 4.79 Å². The van der Waals surface area contributed by atoms with Gasteiger partial charge in [-0.2, -0.15) is 0 Å². The number of rotatable bonds is 3. The number of carbonyl (C=O) groups excluding carboxylic acids is 3. The molecule has 1 unspecified atom stereocenters. The van der Waals surface area contributed by atoms with E-state index in [2.05, 4.69) is 10.6 Å². The third kappa shape index (κ3) is 3.40. The maximum absolute atomic E-state index is 11.9. The first-order valence-electron chi connectivity index (χ1n) is 7.64. The summed E-state index contributed by atoms with van der Waals surface area (Å²) in [5.41, 5.74) is 1.51. The Bertz CT molecular complexity index is 716. The van der Waals surface area contributed by atoms with E-state index in [1.54, 1.807) is 6.07 Å². The van der Waals surface area contributed by atoms with Crippen LogP contribution >= 0.6 is 0 Å². The van der Waals surface area contributed by atoms with Crippen molar-refractivity contribution in [1.82, 2.24) is 5.32 Å². The van der Waals surface area contributed by atoms with E-state index >= 15 is 0 Å². The van der Waals surface area contributed by atoms with Crippen molar-refractivity contribution in [2.24, 2.45) is 0 Å². The second-order valence-electron chi connectivity index (χ2n) is 6.21. The van der Waals surface area contributed by atoms with Crippen LogP contribution in [0.2, 0.25) is 0 Å². The molecule has 3 rings (SSSR count). The Labute approximate surface area is 139 Å². The van der Waals surface area contributed by atoms with Crippen LogP contribution in [-0.2, 0) is 23.9 Å². The summed E-state index contributed by atoms with van der Waals surface area (Å²) in [6, 6.07) is 7.47. The normalized spacial score (nSPS) is 22.5. The van der Waals surface area contributed by atoms with E-state index in [0.717, 1.165) is 5.56 Å². The van der Waals surface area contributed by atoms with Crippen LogP contribution < -0.4 is 10.6 Å². The molecule has 0 radical (unpaired) electrons. The molecule has 1 atom stereocenters. The molecule has 2 heterocycles. The van der Waals surface area contributed by atoms with Gasteiger partial charge in [0.15, 0.2) is 5.57 Å². The van der Waals surface area contributed by atoms with E-state index in [4.69, 9.17) is 9.47 Å². The van der Waals surface area contributed by atoms with Crippen LogP contribution in [0.5, 0.6) is 0 Å². The summed E-state index contributed by atoms with van der Waals surface area (Å²) in [6.45, 7) is 3.60. The van der Waals surface area contributed by atoms with Crippen LogP contribution in [0.3, 0.4) is 0 Å². The first-order chi connectivity index (χ1) is 11.3. The summed E-state index contributed by atoms with van der Waals surface area (Å²) in [5.74, 6) is -2.56. The third-order valence-corrected chi connectivity index (χ3v) is 3.84. The molecule has 7 heteroatoms. The number of hydrogen-bond donors (Lipinski definition) is 2. The predicted molar refractivity (Wildman–Crippen MR) is 84.8 cm³/mol. The number of esters is 2. The molecule has 0 saturated carbocycles. The minimum atomic E-state index is -1.26. The van der Waals surface area contributed by atoms with Gasteiger partial charge in [0, 0.05) is 44.6 Å². The van der Waals surface area contributed by atoms with Gasteiger partial charge in [-0.1, -0.05) is 12.1 Å². The Morgan fingerprint density at radius 2 is 1.92 bits per heavy atom. The highest BCUT2D eigenvalue weighted by molar-refractivity contribution is 6.15. The van der Waals surface area contributed by atoms with Gasteiger partial charge in [0.05, 0.1) is 0 Å². The monoisotopic (exact) mass is 330 g/mol. The number of ether oxygens (including phenoxy) is 2. The van der Waals surface area contributed by atoms with Crippen molar-refractivity contribution < 1.29 is 23.9 Å². The van der Waals surface area contributed by atoms with Gasteiger partial charge in [0.1, 0.15) is 0 Å². The van der Waals surface area contributed by atoms with Crippen molar-refractivity contribution in [1.29, 1.82) is 0 Å². The first-order valence-corrected chi connectivity index (χ1v) is 7.64. The molecule has 0 aromatic heterocycles. The Morgan fingerprint density at radius 1 is 1.21 bits per heavy atom. The minimum Gasteiger partial charge on any atom is -0.419 e. The van der Waals surface area contributed by atoms with Gasteiger partial charge in [-0.15, -0.1) is 0 Å². The van der Waals surface area contributed by atoms with Crippen LogP contribution in [0, 0.1) is 0 Å². The average molecular weight is 330 g/mol. The molecule has 2 fully saturated rings. The Balaban J connectivity index is 1.73. The van der Waals surface area contributed by atoms with Crippen molar-refractivity contribution in [2.75, 3.05) is 11.9 Å². The second-order valence-corrected chi connectivity index (χ2v) is 6.21. The molecule has 2 aliphatic rings. The predicted octanol–water partition coefficient (Wildman–Crippen LogP) is 1.42. The first kappa shape index (κ1) is 16.0. The fraction of sp³-hybridized carbons (Fsp3) is 0.353. The molecular formula is C17H18N2O5. The molecule has 7 nitrogen and oxygen atoms in total. The SMILES string of the molecule is CC1(C)OC(=O)C(=CNc2cccc(C3CNC(=O)C3)c2)C(=O)O1. The molecule has 1 aromatic rings. The van der Waals surface area contributed by atoms with E-state index in [0.29, 0.717) is 18.7 Å².